The molecule has 2 aliphatic carbocycles. The van der Waals surface area contributed by atoms with Crippen molar-refractivity contribution in [2.75, 3.05) is 19.6 Å². The number of hydrogen-bond donors (Lipinski definition) is 1. The van der Waals surface area contributed by atoms with Crippen LogP contribution >= 0.6 is 0 Å². The van der Waals surface area contributed by atoms with Gasteiger partial charge in [0, 0.05) is 31.7 Å². The number of hydrogen-bond acceptors (Lipinski definition) is 2. The zero-order valence-electron chi connectivity index (χ0n) is 12.7. The molecule has 0 aromatic heterocycles. The van der Waals surface area contributed by atoms with Crippen molar-refractivity contribution in [1.29, 1.82) is 0 Å². The average molecular weight is 264 g/mol. The molecule has 110 valence electrons. The van der Waals surface area contributed by atoms with Crippen LogP contribution in [0.25, 0.3) is 0 Å². The summed E-state index contributed by atoms with van der Waals surface area (Å²) in [6.45, 7) is 6.33. The molecule has 2 heteroatoms. The van der Waals surface area contributed by atoms with Gasteiger partial charge >= 0.3 is 0 Å². The zero-order chi connectivity index (χ0) is 13.1. The van der Waals surface area contributed by atoms with Crippen molar-refractivity contribution in [2.24, 2.45) is 11.8 Å². The summed E-state index contributed by atoms with van der Waals surface area (Å²) >= 11 is 0. The fourth-order valence-corrected chi connectivity index (χ4v) is 4.21. The van der Waals surface area contributed by atoms with E-state index in [4.69, 9.17) is 0 Å². The normalized spacial score (nSPS) is 34.6. The molecule has 2 unspecified atom stereocenters. The predicted molar refractivity (Wildman–Crippen MR) is 81.4 cm³/mol. The van der Waals surface area contributed by atoms with Crippen LogP contribution < -0.4 is 5.32 Å². The van der Waals surface area contributed by atoms with Crippen LogP contribution in [0.3, 0.4) is 0 Å². The highest BCUT2D eigenvalue weighted by Crippen LogP contribution is 2.33. The lowest BCUT2D eigenvalue weighted by atomic mass is 9.82. The van der Waals surface area contributed by atoms with Crippen molar-refractivity contribution in [3.8, 4) is 0 Å². The molecule has 2 saturated carbocycles. The third kappa shape index (κ3) is 3.72. The van der Waals surface area contributed by atoms with E-state index in [0.29, 0.717) is 0 Å². The Kier molecular flexibility index (Phi) is 4.81. The fraction of sp³-hybridized carbons (Fsp3) is 1.00. The highest BCUT2D eigenvalue weighted by molar-refractivity contribution is 4.92. The van der Waals surface area contributed by atoms with Gasteiger partial charge in [-0.25, -0.2) is 0 Å². The zero-order valence-corrected chi connectivity index (χ0v) is 12.7. The maximum absolute atomic E-state index is 3.91. The first-order chi connectivity index (χ1) is 9.36. The molecule has 1 saturated heterocycles. The summed E-state index contributed by atoms with van der Waals surface area (Å²) in [7, 11) is 0. The van der Waals surface area contributed by atoms with Gasteiger partial charge < -0.3 is 5.32 Å². The quantitative estimate of drug-likeness (QED) is 0.818. The summed E-state index contributed by atoms with van der Waals surface area (Å²) < 4.78 is 0. The molecule has 19 heavy (non-hydrogen) atoms. The molecule has 3 aliphatic rings. The summed E-state index contributed by atoms with van der Waals surface area (Å²) in [6, 6.07) is 1.62. The summed E-state index contributed by atoms with van der Waals surface area (Å²) in [4.78, 5) is 2.86. The summed E-state index contributed by atoms with van der Waals surface area (Å²) in [5.41, 5.74) is 0. The van der Waals surface area contributed by atoms with E-state index in [-0.39, 0.29) is 0 Å². The fourth-order valence-electron chi connectivity index (χ4n) is 4.21. The Morgan fingerprint density at radius 1 is 1.05 bits per heavy atom. The lowest BCUT2D eigenvalue weighted by molar-refractivity contribution is 0.0866. The summed E-state index contributed by atoms with van der Waals surface area (Å²) in [6.07, 6.45) is 13.1. The molecule has 1 heterocycles. The Hall–Kier alpha value is -0.0800. The molecule has 0 radical (unpaired) electrons. The second kappa shape index (κ2) is 6.58. The van der Waals surface area contributed by atoms with E-state index in [1.54, 1.807) is 0 Å². The van der Waals surface area contributed by atoms with Crippen LogP contribution in [0.5, 0.6) is 0 Å². The lowest BCUT2D eigenvalue weighted by Crippen LogP contribution is -2.59. The third-order valence-corrected chi connectivity index (χ3v) is 5.59. The molecule has 1 aliphatic heterocycles. The Bertz CT molecular complexity index is 268. The minimum absolute atomic E-state index is 0.798. The van der Waals surface area contributed by atoms with E-state index < -0.39 is 0 Å². The summed E-state index contributed by atoms with van der Waals surface area (Å²) in [5, 5.41) is 3.91. The van der Waals surface area contributed by atoms with E-state index in [2.05, 4.69) is 17.1 Å². The molecular weight excluding hydrogens is 232 g/mol. The topological polar surface area (TPSA) is 15.3 Å². The standard InChI is InChI=1S/C17H32N2/c1-2-6-16-11-18-17(15-7-4-3-5-8-15)13-19(16)12-14-9-10-14/h14-18H,2-13H2,1H3. The maximum Gasteiger partial charge on any atom is 0.0224 e. The van der Waals surface area contributed by atoms with Crippen molar-refractivity contribution in [3.05, 3.63) is 0 Å². The molecular formula is C17H32N2. The van der Waals surface area contributed by atoms with Crippen molar-refractivity contribution >= 4 is 0 Å². The molecule has 3 fully saturated rings. The van der Waals surface area contributed by atoms with Crippen LogP contribution in [0.1, 0.15) is 64.7 Å². The van der Waals surface area contributed by atoms with Crippen molar-refractivity contribution in [2.45, 2.75) is 76.8 Å². The molecule has 3 rings (SSSR count). The molecule has 0 aromatic rings. The highest BCUT2D eigenvalue weighted by Gasteiger charge is 2.35. The molecule has 2 atom stereocenters. The van der Waals surface area contributed by atoms with Gasteiger partial charge in [0.2, 0.25) is 0 Å². The maximum atomic E-state index is 3.91. The van der Waals surface area contributed by atoms with Crippen LogP contribution in [0.15, 0.2) is 0 Å². The predicted octanol–water partition coefficient (Wildman–Crippen LogP) is 3.42. The van der Waals surface area contributed by atoms with Crippen LogP contribution in [-0.2, 0) is 0 Å². The molecule has 0 spiro atoms. The van der Waals surface area contributed by atoms with E-state index >= 15 is 0 Å². The van der Waals surface area contributed by atoms with Crippen LogP contribution in [-0.4, -0.2) is 36.6 Å². The van der Waals surface area contributed by atoms with E-state index in [1.165, 1.54) is 77.4 Å². The number of piperazine rings is 1. The van der Waals surface area contributed by atoms with Crippen molar-refractivity contribution in [3.63, 3.8) is 0 Å². The first-order valence-corrected chi connectivity index (χ1v) is 8.84. The van der Waals surface area contributed by atoms with Gasteiger partial charge in [0.05, 0.1) is 0 Å². The van der Waals surface area contributed by atoms with E-state index in [9.17, 15) is 0 Å². The first kappa shape index (κ1) is 13.9. The number of nitrogens with one attached hydrogen (secondary N) is 1. The van der Waals surface area contributed by atoms with Gasteiger partial charge in [-0.15, -0.1) is 0 Å². The minimum atomic E-state index is 0.798. The van der Waals surface area contributed by atoms with Gasteiger partial charge in [0.25, 0.3) is 0 Å². The average Bonchev–Trinajstić information content (AvgIpc) is 3.26. The lowest BCUT2D eigenvalue weighted by Gasteiger charge is -2.44. The largest absolute Gasteiger partial charge is 0.311 e. The Morgan fingerprint density at radius 2 is 1.84 bits per heavy atom. The number of nitrogens with zero attached hydrogens (tertiary/aromatic N) is 1. The first-order valence-electron chi connectivity index (χ1n) is 8.84. The smallest absolute Gasteiger partial charge is 0.0224 e. The van der Waals surface area contributed by atoms with Crippen LogP contribution in [0, 0.1) is 11.8 Å². The molecule has 1 N–H and O–H groups in total. The van der Waals surface area contributed by atoms with Crippen LogP contribution in [0.2, 0.25) is 0 Å². The monoisotopic (exact) mass is 264 g/mol. The third-order valence-electron chi connectivity index (χ3n) is 5.59. The molecule has 0 aromatic carbocycles. The van der Waals surface area contributed by atoms with Gasteiger partial charge in [-0.1, -0.05) is 32.6 Å². The molecule has 0 amide bonds. The molecule has 0 bridgehead atoms. The van der Waals surface area contributed by atoms with Gasteiger partial charge in [-0.3, -0.25) is 4.90 Å². The van der Waals surface area contributed by atoms with Crippen LogP contribution in [0.4, 0.5) is 0 Å². The van der Waals surface area contributed by atoms with Gasteiger partial charge in [0.15, 0.2) is 0 Å². The van der Waals surface area contributed by atoms with E-state index in [0.717, 1.165) is 23.9 Å². The molecule has 2 nitrogen and oxygen atoms in total. The van der Waals surface area contributed by atoms with E-state index in [1.807, 2.05) is 0 Å². The Balaban J connectivity index is 1.56. The Labute approximate surface area is 119 Å². The second-order valence-electron chi connectivity index (χ2n) is 7.25. The Morgan fingerprint density at radius 3 is 2.53 bits per heavy atom. The van der Waals surface area contributed by atoms with Crippen molar-refractivity contribution in [1.82, 2.24) is 10.2 Å². The van der Waals surface area contributed by atoms with Crippen molar-refractivity contribution < 1.29 is 0 Å². The van der Waals surface area contributed by atoms with Gasteiger partial charge in [-0.2, -0.15) is 0 Å². The minimum Gasteiger partial charge on any atom is -0.311 e. The highest BCUT2D eigenvalue weighted by atomic mass is 15.2. The van der Waals surface area contributed by atoms with Gasteiger partial charge in [0.1, 0.15) is 0 Å². The number of rotatable bonds is 5. The summed E-state index contributed by atoms with van der Waals surface area (Å²) in [5.74, 6) is 2.02. The SMILES string of the molecule is CCCC1CNC(C2CCCCC2)CN1CC1CC1. The second-order valence-corrected chi connectivity index (χ2v) is 7.25. The van der Waals surface area contributed by atoms with Gasteiger partial charge in [-0.05, 0) is 43.9 Å².